The summed E-state index contributed by atoms with van der Waals surface area (Å²) in [6.45, 7) is 4.28. The Morgan fingerprint density at radius 1 is 1.18 bits per heavy atom. The highest BCUT2D eigenvalue weighted by molar-refractivity contribution is 6.08. The van der Waals surface area contributed by atoms with Crippen molar-refractivity contribution in [1.29, 1.82) is 0 Å². The average molecular weight is 452 g/mol. The van der Waals surface area contributed by atoms with E-state index < -0.39 is 28.8 Å². The molecule has 11 nitrogen and oxygen atoms in total. The molecule has 1 fully saturated rings. The Morgan fingerprint density at radius 2 is 1.94 bits per heavy atom. The minimum atomic E-state index is -1.23. The van der Waals surface area contributed by atoms with Crippen LogP contribution in [0.4, 0.5) is 11.5 Å². The Labute approximate surface area is 190 Å². The summed E-state index contributed by atoms with van der Waals surface area (Å²) < 4.78 is 5.09. The van der Waals surface area contributed by atoms with E-state index in [4.69, 9.17) is 4.74 Å². The number of anilines is 1. The minimum absolute atomic E-state index is 0.107. The van der Waals surface area contributed by atoms with E-state index in [-0.39, 0.29) is 12.3 Å². The number of nitrogens with one attached hydrogen (secondary N) is 1. The first kappa shape index (κ1) is 22.2. The lowest BCUT2D eigenvalue weighted by Crippen LogP contribution is -2.57. The van der Waals surface area contributed by atoms with Crippen molar-refractivity contribution < 1.29 is 19.2 Å². The quantitative estimate of drug-likeness (QED) is 0.313. The lowest BCUT2D eigenvalue weighted by Gasteiger charge is -2.39. The van der Waals surface area contributed by atoms with Gasteiger partial charge in [-0.15, -0.1) is 0 Å². The smallest absolute Gasteiger partial charge is 0.321 e. The van der Waals surface area contributed by atoms with Gasteiger partial charge < -0.3 is 14.5 Å². The number of non-ortho nitro benzene ring substituents is 1. The van der Waals surface area contributed by atoms with Crippen LogP contribution in [0.5, 0.6) is 0 Å². The largest absolute Gasteiger partial charge is 0.465 e. The van der Waals surface area contributed by atoms with E-state index >= 15 is 0 Å². The van der Waals surface area contributed by atoms with Crippen molar-refractivity contribution >= 4 is 29.3 Å². The summed E-state index contributed by atoms with van der Waals surface area (Å²) in [5.41, 5.74) is 0.267. The van der Waals surface area contributed by atoms with E-state index in [9.17, 15) is 19.7 Å². The fraction of sp³-hybridized carbons (Fsp3) is 0.364. The Bertz CT molecular complexity index is 1070. The van der Waals surface area contributed by atoms with Crippen molar-refractivity contribution in [3.05, 3.63) is 64.3 Å². The molecule has 0 aliphatic carbocycles. The standard InChI is InChI=1S/C22H24N6O5/c1-2-33-21(30)18-19(15-6-5-7-16(14-15)28(31)32)24-22(25-20(18)29)27-12-10-26(11-13-27)17-8-3-4-9-23-17/h3-9,14,18-19H,2,10-13H2,1H3,(H,24,25,29)/t18-,19+/m0/s1. The fourth-order valence-electron chi connectivity index (χ4n) is 3.98. The van der Waals surface area contributed by atoms with Crippen molar-refractivity contribution in [1.82, 2.24) is 15.2 Å². The summed E-state index contributed by atoms with van der Waals surface area (Å²) in [7, 11) is 0. The second kappa shape index (κ2) is 9.63. The van der Waals surface area contributed by atoms with E-state index in [1.807, 2.05) is 23.1 Å². The second-order valence-electron chi connectivity index (χ2n) is 7.63. The van der Waals surface area contributed by atoms with Gasteiger partial charge in [-0.05, 0) is 24.6 Å². The molecule has 0 unspecified atom stereocenters. The van der Waals surface area contributed by atoms with Gasteiger partial charge in [-0.2, -0.15) is 0 Å². The zero-order valence-electron chi connectivity index (χ0n) is 18.1. The summed E-state index contributed by atoms with van der Waals surface area (Å²) in [4.78, 5) is 49.4. The number of amides is 1. The van der Waals surface area contributed by atoms with Crippen LogP contribution < -0.4 is 10.2 Å². The van der Waals surface area contributed by atoms with Crippen LogP contribution in [-0.2, 0) is 14.3 Å². The molecule has 172 valence electrons. The molecule has 1 aromatic carbocycles. The van der Waals surface area contributed by atoms with Crippen molar-refractivity contribution in [3.8, 4) is 0 Å². The molecular weight excluding hydrogens is 428 g/mol. The number of benzene rings is 1. The maximum Gasteiger partial charge on any atom is 0.321 e. The van der Waals surface area contributed by atoms with Gasteiger partial charge in [0, 0.05) is 44.5 Å². The number of hydrogen-bond donors (Lipinski definition) is 1. The van der Waals surface area contributed by atoms with Crippen molar-refractivity contribution in [2.45, 2.75) is 13.0 Å². The Hall–Kier alpha value is -4.02. The summed E-state index contributed by atoms with van der Waals surface area (Å²) in [5, 5.41) is 14.0. The minimum Gasteiger partial charge on any atom is -0.465 e. The zero-order valence-corrected chi connectivity index (χ0v) is 18.1. The summed E-state index contributed by atoms with van der Waals surface area (Å²) in [6.07, 6.45) is 1.74. The number of rotatable bonds is 5. The van der Waals surface area contributed by atoms with E-state index in [0.29, 0.717) is 37.7 Å². The van der Waals surface area contributed by atoms with Crippen LogP contribution in [0.25, 0.3) is 0 Å². The number of nitrogens with zero attached hydrogens (tertiary/aromatic N) is 5. The number of carbonyl (C=O) groups is 2. The van der Waals surface area contributed by atoms with Gasteiger partial charge in [-0.3, -0.25) is 25.0 Å². The van der Waals surface area contributed by atoms with Gasteiger partial charge in [-0.25, -0.2) is 9.98 Å². The molecule has 1 aromatic heterocycles. The molecule has 0 bridgehead atoms. The molecule has 1 N–H and O–H groups in total. The third-order valence-corrected chi connectivity index (χ3v) is 5.61. The van der Waals surface area contributed by atoms with Crippen LogP contribution in [0.15, 0.2) is 53.7 Å². The van der Waals surface area contributed by atoms with Gasteiger partial charge in [0.05, 0.1) is 11.5 Å². The van der Waals surface area contributed by atoms with E-state index in [0.717, 1.165) is 5.82 Å². The maximum absolute atomic E-state index is 13.0. The average Bonchev–Trinajstić information content (AvgIpc) is 2.84. The van der Waals surface area contributed by atoms with Crippen LogP contribution in [0.1, 0.15) is 18.5 Å². The fourth-order valence-corrected chi connectivity index (χ4v) is 3.98. The first-order valence-corrected chi connectivity index (χ1v) is 10.7. The SMILES string of the molecule is CCOC(=O)[C@@H]1C(=O)NC(N2CCN(c3ccccn3)CC2)=N[C@@H]1c1cccc([N+](=O)[O-])c1. The van der Waals surface area contributed by atoms with Gasteiger partial charge in [-0.1, -0.05) is 18.2 Å². The van der Waals surface area contributed by atoms with Crippen LogP contribution in [-0.4, -0.2) is 65.4 Å². The number of hydrogen-bond acceptors (Lipinski definition) is 9. The molecule has 2 aromatic rings. The third kappa shape index (κ3) is 4.76. The molecule has 2 atom stereocenters. The molecule has 0 spiro atoms. The van der Waals surface area contributed by atoms with Crippen molar-refractivity contribution in [2.24, 2.45) is 10.9 Å². The number of carbonyl (C=O) groups excluding carboxylic acids is 2. The van der Waals surface area contributed by atoms with Crippen LogP contribution in [0.3, 0.4) is 0 Å². The van der Waals surface area contributed by atoms with Crippen molar-refractivity contribution in [3.63, 3.8) is 0 Å². The van der Waals surface area contributed by atoms with E-state index in [1.54, 1.807) is 19.2 Å². The molecule has 0 saturated carbocycles. The number of aromatic nitrogens is 1. The molecule has 2 aliphatic heterocycles. The lowest BCUT2D eigenvalue weighted by molar-refractivity contribution is -0.384. The van der Waals surface area contributed by atoms with E-state index in [2.05, 4.69) is 20.2 Å². The molecule has 1 amide bonds. The monoisotopic (exact) mass is 452 g/mol. The van der Waals surface area contributed by atoms with Crippen LogP contribution in [0.2, 0.25) is 0 Å². The first-order chi connectivity index (χ1) is 16.0. The Balaban J connectivity index is 1.60. The normalized spacial score (nSPS) is 20.6. The highest BCUT2D eigenvalue weighted by Gasteiger charge is 2.42. The topological polar surface area (TPSA) is 130 Å². The number of pyridine rings is 1. The van der Waals surface area contributed by atoms with Gasteiger partial charge in [0.1, 0.15) is 11.9 Å². The lowest BCUT2D eigenvalue weighted by atomic mass is 9.91. The molecule has 3 heterocycles. The van der Waals surface area contributed by atoms with E-state index in [1.165, 1.54) is 18.2 Å². The maximum atomic E-state index is 13.0. The van der Waals surface area contributed by atoms with Gasteiger partial charge in [0.15, 0.2) is 5.92 Å². The van der Waals surface area contributed by atoms with Crippen molar-refractivity contribution in [2.75, 3.05) is 37.7 Å². The number of ether oxygens (including phenoxy) is 1. The summed E-state index contributed by atoms with van der Waals surface area (Å²) in [5.74, 6) is -1.26. The molecule has 1 saturated heterocycles. The van der Waals surface area contributed by atoms with Gasteiger partial charge in [0.25, 0.3) is 5.69 Å². The molecule has 2 aliphatic rings. The molecule has 4 rings (SSSR count). The highest BCUT2D eigenvalue weighted by atomic mass is 16.6. The molecular formula is C22H24N6O5. The number of guanidine groups is 1. The predicted octanol–water partition coefficient (Wildman–Crippen LogP) is 1.52. The molecule has 0 radical (unpaired) electrons. The summed E-state index contributed by atoms with van der Waals surface area (Å²) >= 11 is 0. The predicted molar refractivity (Wildman–Crippen MR) is 120 cm³/mol. The number of esters is 1. The van der Waals surface area contributed by atoms with Crippen LogP contribution >= 0.6 is 0 Å². The molecule has 33 heavy (non-hydrogen) atoms. The van der Waals surface area contributed by atoms with Gasteiger partial charge >= 0.3 is 5.97 Å². The number of aliphatic imine (C=N–C) groups is 1. The zero-order chi connectivity index (χ0) is 23.4. The number of nitro benzene ring substituents is 1. The number of nitro groups is 1. The second-order valence-corrected chi connectivity index (χ2v) is 7.63. The summed E-state index contributed by atoms with van der Waals surface area (Å²) in [6, 6.07) is 10.6. The van der Waals surface area contributed by atoms with Gasteiger partial charge in [0.2, 0.25) is 11.9 Å². The Morgan fingerprint density at radius 3 is 2.61 bits per heavy atom. The Kier molecular flexibility index (Phi) is 6.48. The highest BCUT2D eigenvalue weighted by Crippen LogP contribution is 2.32. The first-order valence-electron chi connectivity index (χ1n) is 10.7. The van der Waals surface area contributed by atoms with Crippen LogP contribution in [0, 0.1) is 16.0 Å². The third-order valence-electron chi connectivity index (χ3n) is 5.61. The molecule has 11 heteroatoms. The number of piperazine rings is 1.